The SMILES string of the molecule is CN=C(N)N(CCC(C)C)C1CCCC1. The number of nitrogens with zero attached hydrogens (tertiary/aromatic N) is 2. The largest absolute Gasteiger partial charge is 0.370 e. The van der Waals surface area contributed by atoms with Crippen LogP contribution < -0.4 is 5.73 Å². The van der Waals surface area contributed by atoms with E-state index in [1.54, 1.807) is 7.05 Å². The predicted octanol–water partition coefficient (Wildman–Crippen LogP) is 2.22. The molecule has 0 aromatic heterocycles. The van der Waals surface area contributed by atoms with Gasteiger partial charge in [-0.2, -0.15) is 0 Å². The molecule has 3 nitrogen and oxygen atoms in total. The smallest absolute Gasteiger partial charge is 0.191 e. The first kappa shape index (κ1) is 12.3. The highest BCUT2D eigenvalue weighted by Crippen LogP contribution is 2.23. The second-order valence-corrected chi connectivity index (χ2v) is 4.90. The fourth-order valence-electron chi connectivity index (χ4n) is 2.23. The molecule has 0 atom stereocenters. The lowest BCUT2D eigenvalue weighted by Crippen LogP contribution is -2.44. The normalized spacial score (nSPS) is 18.8. The zero-order valence-electron chi connectivity index (χ0n) is 10.4. The Kier molecular flexibility index (Phi) is 4.92. The fourth-order valence-corrected chi connectivity index (χ4v) is 2.23. The van der Waals surface area contributed by atoms with Crippen molar-refractivity contribution in [2.24, 2.45) is 16.6 Å². The molecule has 0 aromatic carbocycles. The lowest BCUT2D eigenvalue weighted by Gasteiger charge is -2.30. The van der Waals surface area contributed by atoms with E-state index in [0.717, 1.165) is 18.4 Å². The van der Waals surface area contributed by atoms with E-state index in [0.29, 0.717) is 6.04 Å². The van der Waals surface area contributed by atoms with E-state index in [-0.39, 0.29) is 0 Å². The number of rotatable bonds is 4. The van der Waals surface area contributed by atoms with Crippen molar-refractivity contribution in [1.82, 2.24) is 4.90 Å². The zero-order valence-corrected chi connectivity index (χ0v) is 10.4. The van der Waals surface area contributed by atoms with Crippen molar-refractivity contribution in [1.29, 1.82) is 0 Å². The van der Waals surface area contributed by atoms with Crippen LogP contribution in [0.15, 0.2) is 4.99 Å². The van der Waals surface area contributed by atoms with Gasteiger partial charge in [0, 0.05) is 19.6 Å². The van der Waals surface area contributed by atoms with E-state index in [1.807, 2.05) is 0 Å². The highest BCUT2D eigenvalue weighted by Gasteiger charge is 2.23. The van der Waals surface area contributed by atoms with E-state index in [1.165, 1.54) is 32.1 Å². The van der Waals surface area contributed by atoms with Crippen LogP contribution in [0.5, 0.6) is 0 Å². The van der Waals surface area contributed by atoms with Crippen molar-refractivity contribution in [2.45, 2.75) is 52.0 Å². The second-order valence-electron chi connectivity index (χ2n) is 4.90. The molecule has 1 aliphatic rings. The first-order chi connectivity index (χ1) is 7.15. The zero-order chi connectivity index (χ0) is 11.3. The third-order valence-electron chi connectivity index (χ3n) is 3.24. The Labute approximate surface area is 93.7 Å². The monoisotopic (exact) mass is 211 g/mol. The minimum absolute atomic E-state index is 0.646. The van der Waals surface area contributed by atoms with Crippen LogP contribution in [0.2, 0.25) is 0 Å². The van der Waals surface area contributed by atoms with Crippen molar-refractivity contribution in [3.8, 4) is 0 Å². The molecule has 0 unspecified atom stereocenters. The van der Waals surface area contributed by atoms with Crippen LogP contribution in [0.4, 0.5) is 0 Å². The maximum absolute atomic E-state index is 5.96. The molecule has 0 amide bonds. The minimum Gasteiger partial charge on any atom is -0.370 e. The molecule has 1 aliphatic carbocycles. The lowest BCUT2D eigenvalue weighted by molar-refractivity contribution is 0.293. The molecule has 0 aromatic rings. The van der Waals surface area contributed by atoms with Crippen LogP contribution in [-0.4, -0.2) is 30.5 Å². The quantitative estimate of drug-likeness (QED) is 0.572. The number of aliphatic imine (C=N–C) groups is 1. The number of guanidine groups is 1. The molecular weight excluding hydrogens is 186 g/mol. The van der Waals surface area contributed by atoms with Gasteiger partial charge in [-0.1, -0.05) is 26.7 Å². The Morgan fingerprint density at radius 3 is 2.47 bits per heavy atom. The third kappa shape index (κ3) is 3.73. The van der Waals surface area contributed by atoms with Crippen LogP contribution in [0, 0.1) is 5.92 Å². The van der Waals surface area contributed by atoms with Gasteiger partial charge in [-0.05, 0) is 25.2 Å². The summed E-state index contributed by atoms with van der Waals surface area (Å²) in [5.41, 5.74) is 5.96. The lowest BCUT2D eigenvalue weighted by atomic mass is 10.1. The van der Waals surface area contributed by atoms with Gasteiger partial charge >= 0.3 is 0 Å². The Balaban J connectivity index is 2.52. The van der Waals surface area contributed by atoms with Crippen molar-refractivity contribution in [2.75, 3.05) is 13.6 Å². The molecule has 88 valence electrons. The van der Waals surface area contributed by atoms with E-state index in [2.05, 4.69) is 23.7 Å². The maximum atomic E-state index is 5.96. The van der Waals surface area contributed by atoms with Crippen molar-refractivity contribution >= 4 is 5.96 Å². The van der Waals surface area contributed by atoms with Crippen LogP contribution in [-0.2, 0) is 0 Å². The van der Waals surface area contributed by atoms with Crippen molar-refractivity contribution in [3.05, 3.63) is 0 Å². The van der Waals surface area contributed by atoms with E-state index < -0.39 is 0 Å². The summed E-state index contributed by atoms with van der Waals surface area (Å²) in [5.74, 6) is 1.46. The third-order valence-corrected chi connectivity index (χ3v) is 3.24. The van der Waals surface area contributed by atoms with Gasteiger partial charge in [-0.25, -0.2) is 0 Å². The Morgan fingerprint density at radius 2 is 2.00 bits per heavy atom. The van der Waals surface area contributed by atoms with Gasteiger partial charge in [-0.3, -0.25) is 4.99 Å². The Hall–Kier alpha value is -0.730. The highest BCUT2D eigenvalue weighted by atomic mass is 15.3. The molecule has 0 saturated heterocycles. The summed E-state index contributed by atoms with van der Waals surface area (Å²) >= 11 is 0. The molecule has 0 heterocycles. The van der Waals surface area contributed by atoms with E-state index >= 15 is 0 Å². The first-order valence-electron chi connectivity index (χ1n) is 6.14. The van der Waals surface area contributed by atoms with Gasteiger partial charge in [0.1, 0.15) is 0 Å². The molecule has 1 saturated carbocycles. The van der Waals surface area contributed by atoms with E-state index in [9.17, 15) is 0 Å². The van der Waals surface area contributed by atoms with Crippen LogP contribution in [0.3, 0.4) is 0 Å². The molecule has 0 bridgehead atoms. The van der Waals surface area contributed by atoms with E-state index in [4.69, 9.17) is 5.73 Å². The minimum atomic E-state index is 0.646. The van der Waals surface area contributed by atoms with Crippen LogP contribution in [0.1, 0.15) is 46.0 Å². The van der Waals surface area contributed by atoms with Gasteiger partial charge in [0.15, 0.2) is 5.96 Å². The summed E-state index contributed by atoms with van der Waals surface area (Å²) < 4.78 is 0. The summed E-state index contributed by atoms with van der Waals surface area (Å²) in [5, 5.41) is 0. The molecule has 0 spiro atoms. The average Bonchev–Trinajstić information content (AvgIpc) is 2.70. The van der Waals surface area contributed by atoms with Crippen LogP contribution >= 0.6 is 0 Å². The molecular formula is C12H25N3. The molecule has 1 fully saturated rings. The van der Waals surface area contributed by atoms with Crippen molar-refractivity contribution < 1.29 is 0 Å². The number of nitrogens with two attached hydrogens (primary N) is 1. The predicted molar refractivity (Wildman–Crippen MR) is 66.0 cm³/mol. The maximum Gasteiger partial charge on any atom is 0.191 e. The summed E-state index contributed by atoms with van der Waals surface area (Å²) in [4.78, 5) is 6.44. The van der Waals surface area contributed by atoms with Gasteiger partial charge in [-0.15, -0.1) is 0 Å². The van der Waals surface area contributed by atoms with Gasteiger partial charge in [0.25, 0.3) is 0 Å². The summed E-state index contributed by atoms with van der Waals surface area (Å²) in [6, 6.07) is 0.646. The van der Waals surface area contributed by atoms with Gasteiger partial charge in [0.05, 0.1) is 0 Å². The highest BCUT2D eigenvalue weighted by molar-refractivity contribution is 5.78. The molecule has 1 rings (SSSR count). The number of hydrogen-bond acceptors (Lipinski definition) is 1. The second kappa shape index (κ2) is 5.99. The summed E-state index contributed by atoms with van der Waals surface area (Å²) in [6.07, 6.45) is 6.47. The molecule has 15 heavy (non-hydrogen) atoms. The van der Waals surface area contributed by atoms with Gasteiger partial charge < -0.3 is 10.6 Å². The Bertz CT molecular complexity index is 205. The topological polar surface area (TPSA) is 41.6 Å². The summed E-state index contributed by atoms with van der Waals surface area (Å²) in [6.45, 7) is 5.57. The standard InChI is InChI=1S/C12H25N3/c1-10(2)8-9-15(12(13)14-3)11-6-4-5-7-11/h10-11H,4-9H2,1-3H3,(H2,13,14). The first-order valence-corrected chi connectivity index (χ1v) is 6.14. The van der Waals surface area contributed by atoms with Crippen molar-refractivity contribution in [3.63, 3.8) is 0 Å². The van der Waals surface area contributed by atoms with Crippen LogP contribution in [0.25, 0.3) is 0 Å². The summed E-state index contributed by atoms with van der Waals surface area (Å²) in [7, 11) is 1.78. The average molecular weight is 211 g/mol. The fraction of sp³-hybridized carbons (Fsp3) is 0.917. The molecule has 2 N–H and O–H groups in total. The number of hydrogen-bond donors (Lipinski definition) is 1. The Morgan fingerprint density at radius 1 is 1.40 bits per heavy atom. The molecule has 3 heteroatoms. The van der Waals surface area contributed by atoms with Gasteiger partial charge in [0.2, 0.25) is 0 Å². The molecule has 0 aliphatic heterocycles. The molecule has 0 radical (unpaired) electrons.